The molecule has 0 bridgehead atoms. The zero-order chi connectivity index (χ0) is 10.6. The Morgan fingerprint density at radius 1 is 1.64 bits per heavy atom. The monoisotopic (exact) mass is 191 g/mol. The molecule has 0 amide bonds. The predicted octanol–water partition coefficient (Wildman–Crippen LogP) is 0.933. The van der Waals surface area contributed by atoms with E-state index in [0.717, 1.165) is 5.69 Å². The number of nitrogens with one attached hydrogen (secondary N) is 1. The topological polar surface area (TPSA) is 82.1 Å². The molecule has 4 N–H and O–H groups in total. The van der Waals surface area contributed by atoms with Gasteiger partial charge in [0.15, 0.2) is 0 Å². The SMILES string of the molecule is C[C@H](CO)Nc1ccc(C#N)cc1N. The van der Waals surface area contributed by atoms with Crippen molar-refractivity contribution in [3.05, 3.63) is 23.8 Å². The van der Waals surface area contributed by atoms with E-state index < -0.39 is 0 Å². The summed E-state index contributed by atoms with van der Waals surface area (Å²) in [6, 6.07) is 6.98. The van der Waals surface area contributed by atoms with Gasteiger partial charge in [-0.1, -0.05) is 0 Å². The van der Waals surface area contributed by atoms with Gasteiger partial charge in [0.25, 0.3) is 0 Å². The van der Waals surface area contributed by atoms with Crippen LogP contribution in [0, 0.1) is 11.3 Å². The number of aliphatic hydroxyl groups is 1. The highest BCUT2D eigenvalue weighted by atomic mass is 16.3. The first-order chi connectivity index (χ1) is 6.67. The normalized spacial score (nSPS) is 11.8. The van der Waals surface area contributed by atoms with Crippen LogP contribution in [0.15, 0.2) is 18.2 Å². The fraction of sp³-hybridized carbons (Fsp3) is 0.300. The molecule has 1 aromatic rings. The summed E-state index contributed by atoms with van der Waals surface area (Å²) in [5, 5.41) is 20.5. The summed E-state index contributed by atoms with van der Waals surface area (Å²) in [5.41, 5.74) is 7.50. The van der Waals surface area contributed by atoms with Gasteiger partial charge < -0.3 is 16.2 Å². The second-order valence-electron chi connectivity index (χ2n) is 3.14. The van der Waals surface area contributed by atoms with Crippen molar-refractivity contribution in [1.29, 1.82) is 5.26 Å². The standard InChI is InChI=1S/C10H13N3O/c1-7(6-14)13-10-3-2-8(5-11)4-9(10)12/h2-4,7,13-14H,6,12H2,1H3/t7-/m1/s1. The molecular formula is C10H13N3O. The maximum atomic E-state index is 8.83. The fourth-order valence-corrected chi connectivity index (χ4v) is 1.07. The van der Waals surface area contributed by atoms with Gasteiger partial charge in [0.2, 0.25) is 0 Å². The maximum Gasteiger partial charge on any atom is 0.0992 e. The van der Waals surface area contributed by atoms with Gasteiger partial charge in [-0.25, -0.2) is 0 Å². The van der Waals surface area contributed by atoms with Crippen molar-refractivity contribution in [2.45, 2.75) is 13.0 Å². The molecule has 0 heterocycles. The Morgan fingerprint density at radius 2 is 2.36 bits per heavy atom. The molecule has 1 rings (SSSR count). The van der Waals surface area contributed by atoms with Crippen molar-refractivity contribution >= 4 is 11.4 Å². The van der Waals surface area contributed by atoms with Gasteiger partial charge in [-0.15, -0.1) is 0 Å². The lowest BCUT2D eigenvalue weighted by Gasteiger charge is -2.14. The third-order valence-corrected chi connectivity index (χ3v) is 1.86. The molecule has 0 aliphatic heterocycles. The van der Waals surface area contributed by atoms with Crippen molar-refractivity contribution in [3.63, 3.8) is 0 Å². The minimum absolute atomic E-state index is 0.0411. The van der Waals surface area contributed by atoms with Crippen molar-refractivity contribution in [3.8, 4) is 6.07 Å². The lowest BCUT2D eigenvalue weighted by Crippen LogP contribution is -2.19. The van der Waals surface area contributed by atoms with E-state index in [9.17, 15) is 0 Å². The summed E-state index contributed by atoms with van der Waals surface area (Å²) in [5.74, 6) is 0. The van der Waals surface area contributed by atoms with Crippen LogP contribution in [0.5, 0.6) is 0 Å². The Hall–Kier alpha value is -1.73. The Kier molecular flexibility index (Phi) is 3.32. The summed E-state index contributed by atoms with van der Waals surface area (Å²) in [6.07, 6.45) is 0. The second-order valence-corrected chi connectivity index (χ2v) is 3.14. The van der Waals surface area contributed by atoms with Crippen LogP contribution < -0.4 is 11.1 Å². The number of benzene rings is 1. The number of aliphatic hydroxyl groups excluding tert-OH is 1. The molecule has 0 saturated carbocycles. The molecule has 0 aliphatic rings. The number of nitrogens with zero attached hydrogens (tertiary/aromatic N) is 1. The van der Waals surface area contributed by atoms with E-state index in [4.69, 9.17) is 16.1 Å². The largest absolute Gasteiger partial charge is 0.397 e. The first kappa shape index (κ1) is 10.4. The van der Waals surface area contributed by atoms with Crippen LogP contribution in [0.1, 0.15) is 12.5 Å². The van der Waals surface area contributed by atoms with Crippen molar-refractivity contribution < 1.29 is 5.11 Å². The highest BCUT2D eigenvalue weighted by molar-refractivity contribution is 5.68. The van der Waals surface area contributed by atoms with E-state index in [1.807, 2.05) is 13.0 Å². The van der Waals surface area contributed by atoms with Crippen LogP contribution in [0.2, 0.25) is 0 Å². The number of hydrogen-bond acceptors (Lipinski definition) is 4. The maximum absolute atomic E-state index is 8.83. The molecule has 4 nitrogen and oxygen atoms in total. The number of nitrogens with two attached hydrogens (primary N) is 1. The minimum Gasteiger partial charge on any atom is -0.397 e. The van der Waals surface area contributed by atoms with Gasteiger partial charge >= 0.3 is 0 Å². The zero-order valence-electron chi connectivity index (χ0n) is 7.99. The van der Waals surface area contributed by atoms with Gasteiger partial charge in [-0.05, 0) is 25.1 Å². The molecule has 0 spiro atoms. The van der Waals surface area contributed by atoms with E-state index in [2.05, 4.69) is 5.32 Å². The first-order valence-corrected chi connectivity index (χ1v) is 4.34. The number of hydrogen-bond donors (Lipinski definition) is 3. The van der Waals surface area contributed by atoms with Crippen molar-refractivity contribution in [2.75, 3.05) is 17.7 Å². The summed E-state index contributed by atoms with van der Waals surface area (Å²) in [4.78, 5) is 0. The smallest absolute Gasteiger partial charge is 0.0992 e. The molecular weight excluding hydrogens is 178 g/mol. The number of nitrogen functional groups attached to an aromatic ring is 1. The third-order valence-electron chi connectivity index (χ3n) is 1.86. The predicted molar refractivity (Wildman–Crippen MR) is 55.7 cm³/mol. The van der Waals surface area contributed by atoms with Gasteiger partial charge in [0.05, 0.1) is 29.6 Å². The van der Waals surface area contributed by atoms with Crippen LogP contribution in [0.3, 0.4) is 0 Å². The number of anilines is 2. The molecule has 4 heteroatoms. The van der Waals surface area contributed by atoms with E-state index >= 15 is 0 Å². The van der Waals surface area contributed by atoms with Crippen LogP contribution in [-0.2, 0) is 0 Å². The Balaban J connectivity index is 2.85. The van der Waals surface area contributed by atoms with Crippen LogP contribution in [0.25, 0.3) is 0 Å². The lowest BCUT2D eigenvalue weighted by molar-refractivity contribution is 0.281. The molecule has 0 fully saturated rings. The molecule has 0 aromatic heterocycles. The van der Waals surface area contributed by atoms with Gasteiger partial charge in [0, 0.05) is 6.04 Å². The summed E-state index contributed by atoms with van der Waals surface area (Å²) in [7, 11) is 0. The Morgan fingerprint density at radius 3 is 2.86 bits per heavy atom. The highest BCUT2D eigenvalue weighted by Crippen LogP contribution is 2.20. The molecule has 74 valence electrons. The molecule has 14 heavy (non-hydrogen) atoms. The molecule has 0 unspecified atom stereocenters. The number of nitriles is 1. The van der Waals surface area contributed by atoms with E-state index in [1.54, 1.807) is 18.2 Å². The number of rotatable bonds is 3. The average Bonchev–Trinajstić information content (AvgIpc) is 2.20. The van der Waals surface area contributed by atoms with Crippen LogP contribution >= 0.6 is 0 Å². The zero-order valence-corrected chi connectivity index (χ0v) is 7.99. The summed E-state index contributed by atoms with van der Waals surface area (Å²) in [6.45, 7) is 1.89. The molecule has 1 atom stereocenters. The first-order valence-electron chi connectivity index (χ1n) is 4.34. The van der Waals surface area contributed by atoms with Crippen LogP contribution in [0.4, 0.5) is 11.4 Å². The molecule has 0 saturated heterocycles. The molecule has 0 aliphatic carbocycles. The summed E-state index contributed by atoms with van der Waals surface area (Å²) >= 11 is 0. The third kappa shape index (κ3) is 2.38. The second kappa shape index (κ2) is 4.49. The minimum atomic E-state index is -0.0507. The molecule has 1 aromatic carbocycles. The molecule has 0 radical (unpaired) electrons. The quantitative estimate of drug-likeness (QED) is 0.621. The van der Waals surface area contributed by atoms with Gasteiger partial charge in [-0.2, -0.15) is 5.26 Å². The van der Waals surface area contributed by atoms with E-state index in [-0.39, 0.29) is 12.6 Å². The van der Waals surface area contributed by atoms with Crippen LogP contribution in [-0.4, -0.2) is 17.8 Å². The van der Waals surface area contributed by atoms with Crippen molar-refractivity contribution in [1.82, 2.24) is 0 Å². The van der Waals surface area contributed by atoms with E-state index in [0.29, 0.717) is 11.3 Å². The Bertz CT molecular complexity index is 357. The van der Waals surface area contributed by atoms with Gasteiger partial charge in [0.1, 0.15) is 0 Å². The average molecular weight is 191 g/mol. The Labute approximate surface area is 83.0 Å². The highest BCUT2D eigenvalue weighted by Gasteiger charge is 2.03. The fourth-order valence-electron chi connectivity index (χ4n) is 1.07. The van der Waals surface area contributed by atoms with Crippen molar-refractivity contribution in [2.24, 2.45) is 0 Å². The van der Waals surface area contributed by atoms with E-state index in [1.165, 1.54) is 0 Å². The summed E-state index contributed by atoms with van der Waals surface area (Å²) < 4.78 is 0. The van der Waals surface area contributed by atoms with Gasteiger partial charge in [-0.3, -0.25) is 0 Å². The lowest BCUT2D eigenvalue weighted by atomic mass is 10.2.